The molecule has 226 valence electrons. The Kier molecular flexibility index (Phi) is 10.4. The van der Waals surface area contributed by atoms with Crippen LogP contribution in [0.5, 0.6) is 0 Å². The quantitative estimate of drug-likeness (QED) is 0.178. The van der Waals surface area contributed by atoms with Crippen molar-refractivity contribution in [3.8, 4) is 0 Å². The second kappa shape index (κ2) is 12.3. The van der Waals surface area contributed by atoms with Crippen LogP contribution in [0.3, 0.4) is 0 Å². The molecule has 0 radical (unpaired) electrons. The Balaban J connectivity index is 2.38. The molecule has 16 heteroatoms. The fourth-order valence-electron chi connectivity index (χ4n) is 3.29. The molecular weight excluding hydrogens is 638 g/mol. The predicted molar refractivity (Wildman–Crippen MR) is 136 cm³/mol. The molecule has 0 bridgehead atoms. The third kappa shape index (κ3) is 8.45. The van der Waals surface area contributed by atoms with Crippen molar-refractivity contribution in [2.75, 3.05) is 0 Å². The second-order valence-electron chi connectivity index (χ2n) is 9.27. The van der Waals surface area contributed by atoms with Gasteiger partial charge in [-0.3, -0.25) is 9.59 Å². The van der Waals surface area contributed by atoms with Crippen molar-refractivity contribution in [3.63, 3.8) is 0 Å². The normalized spacial score (nSPS) is 14.6. The minimum atomic E-state index is -5.16. The zero-order valence-electron chi connectivity index (χ0n) is 21.0. The number of carbonyl (C=O) groups excluding carboxylic acids is 2. The Hall–Kier alpha value is -2.64. The van der Waals surface area contributed by atoms with Gasteiger partial charge in [-0.1, -0.05) is 53.0 Å². The summed E-state index contributed by atoms with van der Waals surface area (Å²) in [6.45, 7) is 2.17. The number of amides is 2. The maximum atomic E-state index is 13.8. The number of hydrogen-bond donors (Lipinski definition) is 2. The average Bonchev–Trinajstić information content (AvgIpc) is 2.80. The molecule has 2 atom stereocenters. The van der Waals surface area contributed by atoms with E-state index < -0.39 is 64.5 Å². The molecule has 0 saturated heterocycles. The smallest absolute Gasteiger partial charge is 0.336 e. The minimum Gasteiger partial charge on any atom is -0.336 e. The van der Waals surface area contributed by atoms with Gasteiger partial charge in [-0.25, -0.2) is 0 Å². The third-order valence-corrected chi connectivity index (χ3v) is 6.96. The van der Waals surface area contributed by atoms with E-state index in [9.17, 15) is 49.1 Å². The number of nitrogens with one attached hydrogen (secondary N) is 2. The van der Waals surface area contributed by atoms with Gasteiger partial charge in [0.1, 0.15) is 5.41 Å². The van der Waals surface area contributed by atoms with Crippen LogP contribution in [0.1, 0.15) is 53.7 Å². The number of carbonyl (C=O) groups is 2. The lowest BCUT2D eigenvalue weighted by molar-refractivity contribution is -0.211. The van der Waals surface area contributed by atoms with Gasteiger partial charge in [-0.2, -0.15) is 39.5 Å². The molecule has 0 spiro atoms. The topological polar surface area (TPSA) is 58.2 Å². The van der Waals surface area contributed by atoms with Crippen LogP contribution in [-0.4, -0.2) is 30.3 Å². The molecule has 4 nitrogen and oxygen atoms in total. The van der Waals surface area contributed by atoms with Gasteiger partial charge in [0.2, 0.25) is 5.91 Å². The molecule has 0 fully saturated rings. The highest BCUT2D eigenvalue weighted by molar-refractivity contribution is 6.48. The number of benzene rings is 2. The lowest BCUT2D eigenvalue weighted by Crippen LogP contribution is -2.53. The van der Waals surface area contributed by atoms with Crippen LogP contribution in [0.4, 0.5) is 39.5 Å². The van der Waals surface area contributed by atoms with Gasteiger partial charge in [0, 0.05) is 0 Å². The number of alkyl halides is 9. The van der Waals surface area contributed by atoms with E-state index in [1.54, 1.807) is 0 Å². The number of rotatable bonds is 7. The molecule has 1 unspecified atom stereocenters. The SMILES string of the molecule is C[C@@H](NC(=O)c1ccc(C=CC(c2cc(Cl)c(Cl)c(Cl)c2)C(F)(F)F)cc1C(F)(F)F)NC(=O)C(C)(C)C(F)(F)F. The van der Waals surface area contributed by atoms with Gasteiger partial charge in [-0.15, -0.1) is 0 Å². The first-order chi connectivity index (χ1) is 18.5. The van der Waals surface area contributed by atoms with Crippen molar-refractivity contribution in [3.05, 3.63) is 73.7 Å². The third-order valence-electron chi connectivity index (χ3n) is 5.76. The van der Waals surface area contributed by atoms with Crippen LogP contribution in [0.2, 0.25) is 15.1 Å². The Morgan fingerprint density at radius 3 is 1.85 bits per heavy atom. The molecular formula is C25H20Cl3F9N2O2. The predicted octanol–water partition coefficient (Wildman–Crippen LogP) is 8.81. The fraction of sp³-hybridized carbons (Fsp3) is 0.360. The Labute approximate surface area is 242 Å². The van der Waals surface area contributed by atoms with Crippen LogP contribution in [0, 0.1) is 5.41 Å². The fourth-order valence-corrected chi connectivity index (χ4v) is 3.90. The monoisotopic (exact) mass is 656 g/mol. The summed E-state index contributed by atoms with van der Waals surface area (Å²) in [7, 11) is 0. The van der Waals surface area contributed by atoms with Crippen LogP contribution in [0.25, 0.3) is 6.08 Å². The molecule has 2 aromatic carbocycles. The van der Waals surface area contributed by atoms with Gasteiger partial charge < -0.3 is 10.6 Å². The van der Waals surface area contributed by atoms with Crippen molar-refractivity contribution < 1.29 is 49.1 Å². The summed E-state index contributed by atoms with van der Waals surface area (Å²) in [5, 5.41) is 3.05. The molecule has 2 N–H and O–H groups in total. The van der Waals surface area contributed by atoms with Crippen molar-refractivity contribution in [1.29, 1.82) is 0 Å². The van der Waals surface area contributed by atoms with Gasteiger partial charge in [0.15, 0.2) is 0 Å². The van der Waals surface area contributed by atoms with E-state index in [1.807, 2.05) is 10.6 Å². The second-order valence-corrected chi connectivity index (χ2v) is 10.5. The summed E-state index contributed by atoms with van der Waals surface area (Å²) in [5.41, 5.74) is -6.22. The molecule has 0 aromatic heterocycles. The highest BCUT2D eigenvalue weighted by Crippen LogP contribution is 2.41. The van der Waals surface area contributed by atoms with Crippen LogP contribution in [-0.2, 0) is 11.0 Å². The van der Waals surface area contributed by atoms with Crippen LogP contribution < -0.4 is 10.6 Å². The van der Waals surface area contributed by atoms with E-state index >= 15 is 0 Å². The van der Waals surface area contributed by atoms with Gasteiger partial charge in [0.05, 0.1) is 38.3 Å². The zero-order valence-corrected chi connectivity index (χ0v) is 23.3. The summed E-state index contributed by atoms with van der Waals surface area (Å²) in [6.07, 6.45) is -15.3. The molecule has 2 rings (SSSR count). The zero-order chi connectivity index (χ0) is 31.7. The van der Waals surface area contributed by atoms with E-state index in [0.29, 0.717) is 32.1 Å². The summed E-state index contributed by atoms with van der Waals surface area (Å²) < 4.78 is 122. The van der Waals surface area contributed by atoms with E-state index in [-0.39, 0.29) is 20.6 Å². The van der Waals surface area contributed by atoms with E-state index in [4.69, 9.17) is 34.8 Å². The van der Waals surface area contributed by atoms with Crippen molar-refractivity contribution in [1.82, 2.24) is 10.6 Å². The van der Waals surface area contributed by atoms with E-state index in [0.717, 1.165) is 31.2 Å². The molecule has 0 aliphatic carbocycles. The molecule has 0 aliphatic rings. The van der Waals surface area contributed by atoms with Gasteiger partial charge in [0.25, 0.3) is 5.91 Å². The molecule has 0 heterocycles. The van der Waals surface area contributed by atoms with Gasteiger partial charge >= 0.3 is 18.5 Å². The van der Waals surface area contributed by atoms with Gasteiger partial charge in [-0.05, 0) is 56.2 Å². The molecule has 2 aromatic rings. The highest BCUT2D eigenvalue weighted by atomic mass is 35.5. The summed E-state index contributed by atoms with van der Waals surface area (Å²) in [6, 6.07) is 3.82. The minimum absolute atomic E-state index is 0.191. The first kappa shape index (κ1) is 34.6. The van der Waals surface area contributed by atoms with Crippen molar-refractivity contribution >= 4 is 52.7 Å². The molecule has 41 heavy (non-hydrogen) atoms. The van der Waals surface area contributed by atoms with Crippen LogP contribution >= 0.6 is 34.8 Å². The highest BCUT2D eigenvalue weighted by Gasteiger charge is 2.53. The number of hydrogen-bond acceptors (Lipinski definition) is 2. The molecule has 2 amide bonds. The summed E-state index contributed by atoms with van der Waals surface area (Å²) in [5.74, 6) is -5.31. The van der Waals surface area contributed by atoms with Crippen LogP contribution in [0.15, 0.2) is 36.4 Å². The number of halogens is 12. The van der Waals surface area contributed by atoms with Crippen molar-refractivity contribution in [2.24, 2.45) is 5.41 Å². The maximum absolute atomic E-state index is 13.8. The first-order valence-electron chi connectivity index (χ1n) is 11.3. The van der Waals surface area contributed by atoms with E-state index in [1.165, 1.54) is 0 Å². The summed E-state index contributed by atoms with van der Waals surface area (Å²) >= 11 is 17.4. The standard InChI is InChI=1S/C25H20Cl3F9N2O2/c1-11(39-21(41)22(2,3)25(35,36)37)38-20(40)14-6-4-12(8-16(14)24(32,33)34)5-7-15(23(29,30)31)13-9-17(26)19(28)18(27)10-13/h4-11,15H,1-3H3,(H,38,40)(H,39,41)/t11-,15?/m0/s1. The Morgan fingerprint density at radius 1 is 0.854 bits per heavy atom. The maximum Gasteiger partial charge on any atom is 0.417 e. The molecule has 0 aliphatic heterocycles. The Morgan fingerprint density at radius 2 is 1.39 bits per heavy atom. The van der Waals surface area contributed by atoms with Crippen molar-refractivity contribution in [2.45, 2.75) is 51.4 Å². The Bertz CT molecular complexity index is 1310. The largest absolute Gasteiger partial charge is 0.417 e. The first-order valence-corrected chi connectivity index (χ1v) is 12.4. The lowest BCUT2D eigenvalue weighted by Gasteiger charge is -2.28. The van der Waals surface area contributed by atoms with E-state index in [2.05, 4.69) is 0 Å². The molecule has 0 saturated carbocycles. The number of allylic oxidation sites excluding steroid dienone is 1. The average molecular weight is 658 g/mol. The lowest BCUT2D eigenvalue weighted by atomic mass is 9.91. The summed E-state index contributed by atoms with van der Waals surface area (Å²) in [4.78, 5) is 24.5.